The quantitative estimate of drug-likeness (QED) is 0.870. The highest BCUT2D eigenvalue weighted by Crippen LogP contribution is 2.40. The van der Waals surface area contributed by atoms with Gasteiger partial charge in [-0.2, -0.15) is 0 Å². The molecular weight excluding hydrogens is 266 g/mol. The van der Waals surface area contributed by atoms with Gasteiger partial charge in [-0.3, -0.25) is 9.59 Å². The Morgan fingerprint density at radius 3 is 2.33 bits per heavy atom. The van der Waals surface area contributed by atoms with Crippen LogP contribution in [0.5, 0.6) is 0 Å². The lowest BCUT2D eigenvalue weighted by Gasteiger charge is -2.47. The molecule has 1 saturated heterocycles. The molecule has 0 radical (unpaired) electrons. The van der Waals surface area contributed by atoms with E-state index in [1.54, 1.807) is 0 Å². The first-order valence-corrected chi connectivity index (χ1v) is 8.69. The van der Waals surface area contributed by atoms with Gasteiger partial charge < -0.3 is 10.0 Å². The summed E-state index contributed by atoms with van der Waals surface area (Å²) in [5.41, 5.74) is 0. The van der Waals surface area contributed by atoms with E-state index in [1.165, 1.54) is 25.7 Å². The average Bonchev–Trinajstić information content (AvgIpc) is 2.98. The van der Waals surface area contributed by atoms with Crippen molar-refractivity contribution in [2.45, 2.75) is 70.3 Å². The van der Waals surface area contributed by atoms with E-state index in [4.69, 9.17) is 0 Å². The molecule has 0 bridgehead atoms. The van der Waals surface area contributed by atoms with E-state index >= 15 is 0 Å². The second-order valence-electron chi connectivity index (χ2n) is 7.19. The Morgan fingerprint density at radius 2 is 1.62 bits per heavy atom. The lowest BCUT2D eigenvalue weighted by molar-refractivity contribution is -0.154. The van der Waals surface area contributed by atoms with Gasteiger partial charge in [-0.15, -0.1) is 0 Å². The molecule has 2 aliphatic carbocycles. The summed E-state index contributed by atoms with van der Waals surface area (Å²) >= 11 is 0. The fourth-order valence-electron chi connectivity index (χ4n) is 4.85. The number of carbonyl (C=O) groups excluding carboxylic acids is 1. The number of likely N-dealkylation sites (tertiary alicyclic amines) is 1. The third-order valence-electron chi connectivity index (χ3n) is 5.96. The van der Waals surface area contributed by atoms with E-state index in [2.05, 4.69) is 4.90 Å². The number of aliphatic carboxylic acids is 1. The SMILES string of the molecule is O=C(O)C1CCN(C(=O)CC2CCCC2)C2CCCCC12. The second-order valence-corrected chi connectivity index (χ2v) is 7.19. The Morgan fingerprint density at radius 1 is 0.952 bits per heavy atom. The smallest absolute Gasteiger partial charge is 0.306 e. The molecule has 0 aromatic carbocycles. The molecule has 2 saturated carbocycles. The number of carboxylic acid groups (broad SMARTS) is 1. The van der Waals surface area contributed by atoms with Crippen molar-refractivity contribution >= 4 is 11.9 Å². The number of hydrogen-bond acceptors (Lipinski definition) is 2. The van der Waals surface area contributed by atoms with Gasteiger partial charge in [0.15, 0.2) is 0 Å². The van der Waals surface area contributed by atoms with Crippen LogP contribution in [0, 0.1) is 17.8 Å². The fraction of sp³-hybridized carbons (Fsp3) is 0.882. The summed E-state index contributed by atoms with van der Waals surface area (Å²) < 4.78 is 0. The van der Waals surface area contributed by atoms with Crippen LogP contribution < -0.4 is 0 Å². The van der Waals surface area contributed by atoms with Gasteiger partial charge in [0.2, 0.25) is 5.91 Å². The van der Waals surface area contributed by atoms with Crippen LogP contribution in [-0.2, 0) is 9.59 Å². The zero-order valence-electron chi connectivity index (χ0n) is 12.8. The lowest BCUT2D eigenvalue weighted by Crippen LogP contribution is -2.54. The number of carboxylic acids is 1. The van der Waals surface area contributed by atoms with Crippen molar-refractivity contribution in [2.75, 3.05) is 6.54 Å². The van der Waals surface area contributed by atoms with Crippen molar-refractivity contribution in [3.63, 3.8) is 0 Å². The van der Waals surface area contributed by atoms with Gasteiger partial charge in [0, 0.05) is 19.0 Å². The highest BCUT2D eigenvalue weighted by molar-refractivity contribution is 5.78. The van der Waals surface area contributed by atoms with Crippen molar-refractivity contribution in [1.82, 2.24) is 4.90 Å². The van der Waals surface area contributed by atoms with E-state index in [0.29, 0.717) is 31.2 Å². The average molecular weight is 293 g/mol. The molecule has 118 valence electrons. The number of hydrogen-bond donors (Lipinski definition) is 1. The minimum atomic E-state index is -0.658. The maximum Gasteiger partial charge on any atom is 0.306 e. The number of rotatable bonds is 3. The number of piperidine rings is 1. The minimum Gasteiger partial charge on any atom is -0.481 e. The van der Waals surface area contributed by atoms with Crippen LogP contribution in [0.1, 0.15) is 64.2 Å². The van der Waals surface area contributed by atoms with Crippen LogP contribution in [0.15, 0.2) is 0 Å². The standard InChI is InChI=1S/C17H27NO3/c19-16(11-12-5-1-2-6-12)18-10-9-14(17(20)21)13-7-3-4-8-15(13)18/h12-15H,1-11H2,(H,20,21). The topological polar surface area (TPSA) is 57.6 Å². The van der Waals surface area contributed by atoms with E-state index < -0.39 is 5.97 Å². The van der Waals surface area contributed by atoms with E-state index in [1.807, 2.05) is 0 Å². The summed E-state index contributed by atoms with van der Waals surface area (Å²) in [5.74, 6) is 0.178. The predicted octanol–water partition coefficient (Wildman–Crippen LogP) is 3.06. The molecule has 0 spiro atoms. The van der Waals surface area contributed by atoms with Crippen LogP contribution in [0.4, 0.5) is 0 Å². The third-order valence-corrected chi connectivity index (χ3v) is 5.96. The van der Waals surface area contributed by atoms with Crippen molar-refractivity contribution < 1.29 is 14.7 Å². The first kappa shape index (κ1) is 14.9. The highest BCUT2D eigenvalue weighted by Gasteiger charge is 2.44. The van der Waals surface area contributed by atoms with E-state index in [9.17, 15) is 14.7 Å². The van der Waals surface area contributed by atoms with E-state index in [0.717, 1.165) is 25.7 Å². The van der Waals surface area contributed by atoms with Gasteiger partial charge in [-0.1, -0.05) is 25.7 Å². The summed E-state index contributed by atoms with van der Waals surface area (Å²) in [6, 6.07) is 0.197. The Bertz CT molecular complexity index is 403. The summed E-state index contributed by atoms with van der Waals surface area (Å²) in [6.07, 6.45) is 10.5. The maximum atomic E-state index is 12.7. The van der Waals surface area contributed by atoms with Crippen LogP contribution in [0.3, 0.4) is 0 Å². The van der Waals surface area contributed by atoms with Crippen molar-refractivity contribution in [2.24, 2.45) is 17.8 Å². The summed E-state index contributed by atoms with van der Waals surface area (Å²) in [6.45, 7) is 0.656. The molecular formula is C17H27NO3. The van der Waals surface area contributed by atoms with Gasteiger partial charge in [0.1, 0.15) is 0 Å². The molecule has 4 heteroatoms. The summed E-state index contributed by atoms with van der Waals surface area (Å²) in [4.78, 5) is 26.2. The molecule has 1 N–H and O–H groups in total. The maximum absolute atomic E-state index is 12.7. The lowest BCUT2D eigenvalue weighted by atomic mass is 9.71. The number of fused-ring (bicyclic) bond motifs is 1. The monoisotopic (exact) mass is 293 g/mol. The zero-order valence-corrected chi connectivity index (χ0v) is 12.8. The van der Waals surface area contributed by atoms with Gasteiger partial charge in [0.25, 0.3) is 0 Å². The molecule has 3 fully saturated rings. The molecule has 3 atom stereocenters. The van der Waals surface area contributed by atoms with Gasteiger partial charge in [0.05, 0.1) is 5.92 Å². The summed E-state index contributed by atoms with van der Waals surface area (Å²) in [7, 11) is 0. The van der Waals surface area contributed by atoms with Gasteiger partial charge >= 0.3 is 5.97 Å². The third kappa shape index (κ3) is 3.09. The fourth-order valence-corrected chi connectivity index (χ4v) is 4.85. The summed E-state index contributed by atoms with van der Waals surface area (Å²) in [5, 5.41) is 9.43. The molecule has 1 heterocycles. The molecule has 3 aliphatic rings. The molecule has 1 amide bonds. The molecule has 3 unspecified atom stereocenters. The van der Waals surface area contributed by atoms with Gasteiger partial charge in [-0.05, 0) is 43.9 Å². The van der Waals surface area contributed by atoms with E-state index in [-0.39, 0.29) is 17.9 Å². The van der Waals surface area contributed by atoms with Crippen molar-refractivity contribution in [1.29, 1.82) is 0 Å². The number of nitrogens with zero attached hydrogens (tertiary/aromatic N) is 1. The highest BCUT2D eigenvalue weighted by atomic mass is 16.4. The Hall–Kier alpha value is -1.06. The number of amides is 1. The van der Waals surface area contributed by atoms with Crippen LogP contribution in [0.2, 0.25) is 0 Å². The molecule has 1 aliphatic heterocycles. The van der Waals surface area contributed by atoms with Crippen LogP contribution >= 0.6 is 0 Å². The molecule has 21 heavy (non-hydrogen) atoms. The number of carbonyl (C=O) groups is 2. The molecule has 0 aromatic heterocycles. The second kappa shape index (κ2) is 6.37. The van der Waals surface area contributed by atoms with Crippen LogP contribution in [0.25, 0.3) is 0 Å². The largest absolute Gasteiger partial charge is 0.481 e. The van der Waals surface area contributed by atoms with Gasteiger partial charge in [-0.25, -0.2) is 0 Å². The first-order chi connectivity index (χ1) is 10.2. The molecule has 4 nitrogen and oxygen atoms in total. The Balaban J connectivity index is 1.67. The van der Waals surface area contributed by atoms with Crippen molar-refractivity contribution in [3.8, 4) is 0 Å². The van der Waals surface area contributed by atoms with Crippen molar-refractivity contribution in [3.05, 3.63) is 0 Å². The van der Waals surface area contributed by atoms with Crippen LogP contribution in [-0.4, -0.2) is 34.5 Å². The molecule has 0 aromatic rings. The molecule has 3 rings (SSSR count). The first-order valence-electron chi connectivity index (χ1n) is 8.69. The normalized spacial score (nSPS) is 33.7. The Kier molecular flexibility index (Phi) is 4.51. The minimum absolute atomic E-state index is 0.192. The zero-order chi connectivity index (χ0) is 14.8. The predicted molar refractivity (Wildman–Crippen MR) is 79.8 cm³/mol. The Labute approximate surface area is 126 Å².